The molecule has 0 fully saturated rings. The van der Waals surface area contributed by atoms with Gasteiger partial charge in [0.1, 0.15) is 0 Å². The van der Waals surface area contributed by atoms with Gasteiger partial charge in [-0.1, -0.05) is 6.07 Å². The number of benzene rings is 1. The van der Waals surface area contributed by atoms with E-state index in [0.717, 1.165) is 12.1 Å². The van der Waals surface area contributed by atoms with Gasteiger partial charge in [-0.3, -0.25) is 10.1 Å². The summed E-state index contributed by atoms with van der Waals surface area (Å²) in [6.07, 6.45) is 1.33. The molecule has 0 atom stereocenters. The van der Waals surface area contributed by atoms with Crippen LogP contribution >= 0.6 is 15.9 Å². The van der Waals surface area contributed by atoms with E-state index in [4.69, 9.17) is 9.47 Å². The van der Waals surface area contributed by atoms with E-state index in [9.17, 15) is 14.5 Å². The maximum absolute atomic E-state index is 13.6. The van der Waals surface area contributed by atoms with Crippen LogP contribution in [0.1, 0.15) is 0 Å². The van der Waals surface area contributed by atoms with Crippen molar-refractivity contribution >= 4 is 21.6 Å². The Morgan fingerprint density at radius 1 is 1.45 bits per heavy atom. The van der Waals surface area contributed by atoms with Crippen LogP contribution < -0.4 is 9.47 Å². The molecule has 7 nitrogen and oxygen atoms in total. The summed E-state index contributed by atoms with van der Waals surface area (Å²) in [5.41, 5.74) is -0.518. The Hall–Kier alpha value is -2.29. The molecule has 104 valence electrons. The van der Waals surface area contributed by atoms with Crippen molar-refractivity contribution in [3.05, 3.63) is 44.8 Å². The van der Waals surface area contributed by atoms with Gasteiger partial charge in [0.05, 0.1) is 22.7 Å². The van der Waals surface area contributed by atoms with Crippen LogP contribution in [-0.4, -0.2) is 22.0 Å². The van der Waals surface area contributed by atoms with Crippen LogP contribution in [-0.2, 0) is 0 Å². The van der Waals surface area contributed by atoms with Crippen LogP contribution in [0.15, 0.2) is 28.9 Å². The monoisotopic (exact) mass is 343 g/mol. The van der Waals surface area contributed by atoms with E-state index < -0.39 is 22.2 Å². The normalized spacial score (nSPS) is 10.2. The third-order valence-corrected chi connectivity index (χ3v) is 2.76. The molecule has 0 bridgehead atoms. The van der Waals surface area contributed by atoms with E-state index >= 15 is 0 Å². The maximum atomic E-state index is 13.6. The molecule has 20 heavy (non-hydrogen) atoms. The zero-order chi connectivity index (χ0) is 14.7. The number of hydrogen-bond donors (Lipinski definition) is 0. The van der Waals surface area contributed by atoms with Gasteiger partial charge < -0.3 is 9.47 Å². The Morgan fingerprint density at radius 3 is 2.85 bits per heavy atom. The number of halogens is 2. The largest absolute Gasteiger partial charge is 0.480 e. The summed E-state index contributed by atoms with van der Waals surface area (Å²) < 4.78 is 24.1. The number of methoxy groups -OCH3 is 1. The summed E-state index contributed by atoms with van der Waals surface area (Å²) in [7, 11) is 1.38. The minimum absolute atomic E-state index is 0.161. The predicted molar refractivity (Wildman–Crippen MR) is 69.4 cm³/mol. The highest BCUT2D eigenvalue weighted by atomic mass is 79.9. The second-order valence-corrected chi connectivity index (χ2v) is 4.31. The van der Waals surface area contributed by atoms with Gasteiger partial charge in [-0.2, -0.15) is 4.98 Å². The molecule has 0 amide bonds. The number of hydrogen-bond acceptors (Lipinski definition) is 6. The number of aromatic nitrogens is 2. The van der Waals surface area contributed by atoms with Crippen molar-refractivity contribution in [2.75, 3.05) is 7.11 Å². The van der Waals surface area contributed by atoms with E-state index in [1.54, 1.807) is 0 Å². The molecule has 2 aromatic rings. The van der Waals surface area contributed by atoms with E-state index in [-0.39, 0.29) is 11.9 Å². The average Bonchev–Trinajstić information content (AvgIpc) is 2.42. The molecule has 0 spiro atoms. The first-order chi connectivity index (χ1) is 9.52. The third kappa shape index (κ3) is 2.82. The number of para-hydroxylation sites is 1. The fourth-order valence-electron chi connectivity index (χ4n) is 1.36. The van der Waals surface area contributed by atoms with Crippen molar-refractivity contribution in [2.24, 2.45) is 0 Å². The molecule has 9 heteroatoms. The molecular formula is C11H7BrFN3O4. The van der Waals surface area contributed by atoms with Crippen LogP contribution in [0.4, 0.5) is 10.1 Å². The number of rotatable bonds is 4. The van der Waals surface area contributed by atoms with E-state index in [1.807, 2.05) is 0 Å². The molecule has 1 heterocycles. The maximum Gasteiger partial charge on any atom is 0.325 e. The Morgan fingerprint density at radius 2 is 2.20 bits per heavy atom. The summed E-state index contributed by atoms with van der Waals surface area (Å²) in [5.74, 6) is -1.28. The highest BCUT2D eigenvalue weighted by Crippen LogP contribution is 2.33. The highest BCUT2D eigenvalue weighted by molar-refractivity contribution is 9.10. The number of ether oxygens (including phenoxy) is 2. The van der Waals surface area contributed by atoms with Gasteiger partial charge in [0.15, 0.2) is 5.82 Å². The minimum Gasteiger partial charge on any atom is -0.480 e. The molecule has 2 rings (SSSR count). The molecule has 0 saturated carbocycles. The van der Waals surface area contributed by atoms with Gasteiger partial charge in [-0.05, 0) is 22.0 Å². The lowest BCUT2D eigenvalue weighted by Crippen LogP contribution is -2.00. The van der Waals surface area contributed by atoms with Crippen LogP contribution in [0.3, 0.4) is 0 Å². The van der Waals surface area contributed by atoms with Crippen molar-refractivity contribution in [1.82, 2.24) is 9.97 Å². The second-order valence-electron chi connectivity index (χ2n) is 3.46. The smallest absolute Gasteiger partial charge is 0.325 e. The average molecular weight is 344 g/mol. The quantitative estimate of drug-likeness (QED) is 0.626. The van der Waals surface area contributed by atoms with Crippen molar-refractivity contribution in [3.8, 4) is 17.6 Å². The summed E-state index contributed by atoms with van der Waals surface area (Å²) in [6.45, 7) is 0. The van der Waals surface area contributed by atoms with Crippen molar-refractivity contribution in [1.29, 1.82) is 0 Å². The van der Waals surface area contributed by atoms with E-state index in [1.165, 1.54) is 19.4 Å². The van der Waals surface area contributed by atoms with Gasteiger partial charge in [-0.25, -0.2) is 9.37 Å². The molecule has 1 aromatic heterocycles. The zero-order valence-corrected chi connectivity index (χ0v) is 11.6. The summed E-state index contributed by atoms with van der Waals surface area (Å²) in [5, 5.41) is 10.8. The third-order valence-electron chi connectivity index (χ3n) is 2.22. The minimum atomic E-state index is -0.885. The molecular weight excluding hydrogens is 337 g/mol. The molecule has 0 radical (unpaired) electrons. The lowest BCUT2D eigenvalue weighted by Gasteiger charge is -2.07. The van der Waals surface area contributed by atoms with Crippen molar-refractivity contribution in [3.63, 3.8) is 0 Å². The molecule has 0 N–H and O–H groups in total. The fraction of sp³-hybridized carbons (Fsp3) is 0.0909. The van der Waals surface area contributed by atoms with Crippen molar-refractivity contribution < 1.29 is 18.8 Å². The van der Waals surface area contributed by atoms with Crippen molar-refractivity contribution in [2.45, 2.75) is 0 Å². The lowest BCUT2D eigenvalue weighted by molar-refractivity contribution is -0.385. The fourth-order valence-corrected chi connectivity index (χ4v) is 1.72. The molecule has 1 aromatic carbocycles. The Balaban J connectivity index is 2.42. The molecule has 0 saturated heterocycles. The SMILES string of the molecule is COc1nc(Oc2c(F)cccc2[N+](=O)[O-])ncc1Br. The standard InChI is InChI=1S/C11H7BrFN3O4/c1-19-10-6(12)5-14-11(15-10)20-9-7(13)3-2-4-8(9)16(17)18/h2-5H,1H3. The van der Waals surface area contributed by atoms with Crippen LogP contribution in [0.5, 0.6) is 17.6 Å². The Labute approximate surface area is 120 Å². The molecule has 0 aliphatic heterocycles. The first-order valence-electron chi connectivity index (χ1n) is 5.20. The molecule has 0 unspecified atom stereocenters. The highest BCUT2D eigenvalue weighted by Gasteiger charge is 2.21. The summed E-state index contributed by atoms with van der Waals surface area (Å²) in [4.78, 5) is 17.7. The van der Waals surface area contributed by atoms with Crippen LogP contribution in [0.25, 0.3) is 0 Å². The lowest BCUT2D eigenvalue weighted by atomic mass is 10.3. The van der Waals surface area contributed by atoms with Gasteiger partial charge >= 0.3 is 11.7 Å². The van der Waals surface area contributed by atoms with E-state index in [2.05, 4.69) is 25.9 Å². The Kier molecular flexibility index (Phi) is 4.08. The van der Waals surface area contributed by atoms with Gasteiger partial charge in [0, 0.05) is 6.07 Å². The van der Waals surface area contributed by atoms with Crippen LogP contribution in [0, 0.1) is 15.9 Å². The molecule has 0 aliphatic rings. The predicted octanol–water partition coefficient (Wildman–Crippen LogP) is 3.09. The zero-order valence-electron chi connectivity index (χ0n) is 10.0. The Bertz CT molecular complexity index is 668. The van der Waals surface area contributed by atoms with E-state index in [0.29, 0.717) is 4.47 Å². The summed E-state index contributed by atoms with van der Waals surface area (Å²) >= 11 is 3.14. The summed E-state index contributed by atoms with van der Waals surface area (Å²) in [6, 6.07) is 3.11. The number of nitro groups is 1. The second kappa shape index (κ2) is 5.78. The van der Waals surface area contributed by atoms with Gasteiger partial charge in [-0.15, -0.1) is 0 Å². The first kappa shape index (κ1) is 14.1. The molecule has 0 aliphatic carbocycles. The van der Waals surface area contributed by atoms with Crippen LogP contribution in [0.2, 0.25) is 0 Å². The first-order valence-corrected chi connectivity index (χ1v) is 5.99. The topological polar surface area (TPSA) is 87.4 Å². The number of nitrogens with zero attached hydrogens (tertiary/aromatic N) is 3. The van der Waals surface area contributed by atoms with Gasteiger partial charge in [0.25, 0.3) is 0 Å². The number of nitro benzene ring substituents is 1. The van der Waals surface area contributed by atoms with Gasteiger partial charge in [0.2, 0.25) is 11.6 Å².